The highest BCUT2D eigenvalue weighted by molar-refractivity contribution is 5.91. The van der Waals surface area contributed by atoms with E-state index in [1.54, 1.807) is 4.98 Å². The molecule has 2 rings (SSSR count). The summed E-state index contributed by atoms with van der Waals surface area (Å²) in [5.74, 6) is -1.16. The first kappa shape index (κ1) is 17.5. The van der Waals surface area contributed by atoms with Crippen LogP contribution in [0.4, 0.5) is 32.2 Å². The van der Waals surface area contributed by atoms with Gasteiger partial charge in [-0.25, -0.2) is 4.98 Å². The van der Waals surface area contributed by atoms with Crippen molar-refractivity contribution in [1.29, 1.82) is 0 Å². The van der Waals surface area contributed by atoms with Crippen LogP contribution in [0.15, 0.2) is 12.1 Å². The fourth-order valence-electron chi connectivity index (χ4n) is 2.21. The summed E-state index contributed by atoms with van der Waals surface area (Å²) in [4.78, 5) is 20.9. The van der Waals surface area contributed by atoms with Gasteiger partial charge in [0.05, 0.1) is 16.5 Å². The molecule has 0 atom stereocenters. The van der Waals surface area contributed by atoms with Crippen LogP contribution in [0.25, 0.3) is 10.9 Å². The number of nitrogens with one attached hydrogen (secondary N) is 1. The highest BCUT2D eigenvalue weighted by atomic mass is 19.4. The Labute approximate surface area is 127 Å². The van der Waals surface area contributed by atoms with Crippen LogP contribution < -0.4 is 0 Å². The number of hydrogen-bond acceptors (Lipinski definition) is 4. The Hall–Kier alpha value is -2.86. The summed E-state index contributed by atoms with van der Waals surface area (Å²) in [7, 11) is 0. The minimum absolute atomic E-state index is 0.233. The standard InChI is InChI=1S/C11H5F6N3O4/c12-10(13,14)4-1-6(11(15,16)17)8-5(3-19(21)22)9(20(23)24)18-7(8)2-4/h1-2,18H,3H2. The number of benzene rings is 1. The highest BCUT2D eigenvalue weighted by Crippen LogP contribution is 2.43. The average molecular weight is 357 g/mol. The zero-order valence-electron chi connectivity index (χ0n) is 11.2. The van der Waals surface area contributed by atoms with E-state index in [9.17, 15) is 46.6 Å². The minimum atomic E-state index is -5.30. The van der Waals surface area contributed by atoms with Gasteiger partial charge in [-0.1, -0.05) is 0 Å². The third-order valence-electron chi connectivity index (χ3n) is 3.08. The van der Waals surface area contributed by atoms with Gasteiger partial charge in [0.2, 0.25) is 6.54 Å². The van der Waals surface area contributed by atoms with Gasteiger partial charge < -0.3 is 10.1 Å². The van der Waals surface area contributed by atoms with Crippen LogP contribution in [0.1, 0.15) is 16.7 Å². The third kappa shape index (κ3) is 3.09. The summed E-state index contributed by atoms with van der Waals surface area (Å²) in [6.07, 6.45) is -10.4. The van der Waals surface area contributed by atoms with Crippen molar-refractivity contribution in [3.8, 4) is 0 Å². The van der Waals surface area contributed by atoms with E-state index in [1.807, 2.05) is 0 Å². The number of nitro groups is 2. The van der Waals surface area contributed by atoms with Crippen LogP contribution >= 0.6 is 0 Å². The van der Waals surface area contributed by atoms with E-state index < -0.39 is 62.2 Å². The minimum Gasteiger partial charge on any atom is -0.358 e. The molecule has 0 aliphatic rings. The molecule has 0 unspecified atom stereocenters. The molecule has 0 saturated carbocycles. The van der Waals surface area contributed by atoms with Gasteiger partial charge in [0, 0.05) is 4.92 Å². The van der Waals surface area contributed by atoms with E-state index >= 15 is 0 Å². The van der Waals surface area contributed by atoms with Crippen molar-refractivity contribution in [2.75, 3.05) is 0 Å². The molecule has 0 amide bonds. The number of hydrogen-bond donors (Lipinski definition) is 1. The molecule has 7 nitrogen and oxygen atoms in total. The molecule has 1 heterocycles. The molecule has 1 aromatic carbocycles. The van der Waals surface area contributed by atoms with Crippen LogP contribution in [-0.2, 0) is 18.9 Å². The maximum absolute atomic E-state index is 13.1. The summed E-state index contributed by atoms with van der Waals surface area (Å²) in [6.45, 7) is -1.36. The number of nitrogens with zero attached hydrogens (tertiary/aromatic N) is 2. The van der Waals surface area contributed by atoms with Gasteiger partial charge in [-0.15, -0.1) is 0 Å². The Morgan fingerprint density at radius 1 is 1.00 bits per heavy atom. The highest BCUT2D eigenvalue weighted by Gasteiger charge is 2.41. The van der Waals surface area contributed by atoms with Gasteiger partial charge >= 0.3 is 18.2 Å². The molecule has 0 spiro atoms. The summed E-state index contributed by atoms with van der Waals surface area (Å²) >= 11 is 0. The SMILES string of the molecule is O=[N+]([O-])Cc1c([N+](=O)[O-])[nH]c2cc(C(F)(F)F)cc(C(F)(F)F)c12. The van der Waals surface area contributed by atoms with Gasteiger partial charge in [-0.3, -0.25) is 10.1 Å². The molecule has 0 fully saturated rings. The Kier molecular flexibility index (Phi) is 3.90. The van der Waals surface area contributed by atoms with Crippen LogP contribution in [-0.4, -0.2) is 14.8 Å². The molecule has 1 aromatic heterocycles. The first-order valence-corrected chi connectivity index (χ1v) is 5.91. The van der Waals surface area contributed by atoms with Crippen molar-refractivity contribution >= 4 is 16.7 Å². The molecule has 0 radical (unpaired) electrons. The van der Waals surface area contributed by atoms with E-state index in [0.717, 1.165) is 0 Å². The smallest absolute Gasteiger partial charge is 0.358 e. The number of halogens is 6. The van der Waals surface area contributed by atoms with Gasteiger partial charge in [0.15, 0.2) is 0 Å². The fraction of sp³-hybridized carbons (Fsp3) is 0.273. The molecule has 0 bridgehead atoms. The largest absolute Gasteiger partial charge is 0.417 e. The van der Waals surface area contributed by atoms with Gasteiger partial charge in [0.1, 0.15) is 11.1 Å². The second kappa shape index (κ2) is 5.35. The number of aromatic nitrogens is 1. The number of alkyl halides is 6. The van der Waals surface area contributed by atoms with Gasteiger partial charge in [-0.2, -0.15) is 26.3 Å². The number of fused-ring (bicyclic) bond motifs is 1. The molecule has 2 aromatic rings. The Morgan fingerprint density at radius 3 is 2.00 bits per heavy atom. The van der Waals surface area contributed by atoms with E-state index in [2.05, 4.69) is 0 Å². The van der Waals surface area contributed by atoms with Crippen molar-refractivity contribution in [1.82, 2.24) is 4.98 Å². The van der Waals surface area contributed by atoms with Crippen molar-refractivity contribution in [3.05, 3.63) is 49.1 Å². The van der Waals surface area contributed by atoms with Crippen molar-refractivity contribution in [2.45, 2.75) is 18.9 Å². The molecular formula is C11H5F6N3O4. The summed E-state index contributed by atoms with van der Waals surface area (Å²) in [6, 6.07) is 0.00433. The molecule has 0 aliphatic heterocycles. The maximum atomic E-state index is 13.1. The summed E-state index contributed by atoms with van der Waals surface area (Å²) in [5, 5.41) is 20.4. The Bertz CT molecular complexity index is 839. The molecular weight excluding hydrogens is 352 g/mol. The van der Waals surface area contributed by atoms with Crippen LogP contribution in [0.3, 0.4) is 0 Å². The zero-order valence-corrected chi connectivity index (χ0v) is 11.2. The van der Waals surface area contributed by atoms with E-state index in [-0.39, 0.29) is 12.1 Å². The topological polar surface area (TPSA) is 102 Å². The lowest BCUT2D eigenvalue weighted by atomic mass is 10.0. The van der Waals surface area contributed by atoms with Crippen molar-refractivity contribution in [2.24, 2.45) is 0 Å². The van der Waals surface area contributed by atoms with Gasteiger partial charge in [0.25, 0.3) is 0 Å². The Morgan fingerprint density at radius 2 is 1.58 bits per heavy atom. The third-order valence-corrected chi connectivity index (χ3v) is 3.08. The maximum Gasteiger partial charge on any atom is 0.417 e. The normalized spacial score (nSPS) is 12.6. The van der Waals surface area contributed by atoms with Crippen molar-refractivity contribution in [3.63, 3.8) is 0 Å². The quantitative estimate of drug-likeness (QED) is 0.511. The van der Waals surface area contributed by atoms with E-state index in [1.165, 1.54) is 0 Å². The van der Waals surface area contributed by atoms with Crippen LogP contribution in [0, 0.1) is 20.2 Å². The zero-order chi connectivity index (χ0) is 18.4. The second-order valence-electron chi connectivity index (χ2n) is 4.64. The van der Waals surface area contributed by atoms with Crippen LogP contribution in [0.2, 0.25) is 0 Å². The first-order chi connectivity index (χ1) is 10.8. The van der Waals surface area contributed by atoms with Gasteiger partial charge in [-0.05, 0) is 17.1 Å². The summed E-state index contributed by atoms with van der Waals surface area (Å²) < 4.78 is 77.5. The number of H-pyrrole nitrogens is 1. The predicted molar refractivity (Wildman–Crippen MR) is 65.7 cm³/mol. The monoisotopic (exact) mass is 357 g/mol. The predicted octanol–water partition coefficient (Wildman–Crippen LogP) is 3.89. The number of aromatic amines is 1. The second-order valence-corrected chi connectivity index (χ2v) is 4.64. The average Bonchev–Trinajstić information content (AvgIpc) is 2.73. The molecule has 0 saturated heterocycles. The lowest BCUT2D eigenvalue weighted by Crippen LogP contribution is -2.12. The molecule has 0 aliphatic carbocycles. The number of rotatable bonds is 3. The molecule has 13 heteroatoms. The summed E-state index contributed by atoms with van der Waals surface area (Å²) in [5.41, 5.74) is -5.33. The van der Waals surface area contributed by atoms with E-state index in [0.29, 0.717) is 0 Å². The molecule has 130 valence electrons. The van der Waals surface area contributed by atoms with E-state index in [4.69, 9.17) is 0 Å². The lowest BCUT2D eigenvalue weighted by Gasteiger charge is -2.12. The fourth-order valence-corrected chi connectivity index (χ4v) is 2.21. The Balaban J connectivity index is 2.96. The first-order valence-electron chi connectivity index (χ1n) is 5.91. The lowest BCUT2D eigenvalue weighted by molar-refractivity contribution is -0.498. The van der Waals surface area contributed by atoms with Crippen molar-refractivity contribution < 1.29 is 36.2 Å². The molecule has 1 N–H and O–H groups in total. The van der Waals surface area contributed by atoms with Crippen LogP contribution in [0.5, 0.6) is 0 Å². The molecule has 24 heavy (non-hydrogen) atoms.